The number of ether oxygens (including phenoxy) is 2. The van der Waals surface area contributed by atoms with E-state index in [1.54, 1.807) is 33.4 Å². The highest BCUT2D eigenvalue weighted by molar-refractivity contribution is 7.17. The third-order valence-corrected chi connectivity index (χ3v) is 4.08. The lowest BCUT2D eigenvalue weighted by Gasteiger charge is -2.06. The average molecular weight is 319 g/mol. The number of rotatable bonds is 6. The van der Waals surface area contributed by atoms with Crippen LogP contribution in [0.3, 0.4) is 0 Å². The van der Waals surface area contributed by atoms with E-state index in [4.69, 9.17) is 9.47 Å². The summed E-state index contributed by atoms with van der Waals surface area (Å²) >= 11 is 1.28. The third-order valence-electron chi connectivity index (χ3n) is 2.92. The van der Waals surface area contributed by atoms with Crippen LogP contribution in [0.5, 0.6) is 11.5 Å². The highest BCUT2D eigenvalue weighted by Gasteiger charge is 2.10. The number of aromatic nitrogens is 1. The first-order valence-electron chi connectivity index (χ1n) is 6.54. The van der Waals surface area contributed by atoms with Gasteiger partial charge in [-0.3, -0.25) is 10.2 Å². The Hall–Kier alpha value is -2.41. The lowest BCUT2D eigenvalue weighted by Crippen LogP contribution is -1.95. The van der Waals surface area contributed by atoms with Crippen LogP contribution in [0.15, 0.2) is 23.3 Å². The number of Topliss-reactive ketones (excluding diaryl/α,β-unsaturated/α-hetero) is 1. The van der Waals surface area contributed by atoms with Gasteiger partial charge in [0.2, 0.25) is 5.13 Å². The van der Waals surface area contributed by atoms with Crippen LogP contribution in [0.2, 0.25) is 0 Å². The second-order valence-corrected chi connectivity index (χ2v) is 5.47. The normalized spacial score (nSPS) is 10.7. The molecular weight excluding hydrogens is 302 g/mol. The van der Waals surface area contributed by atoms with Crippen LogP contribution >= 0.6 is 11.3 Å². The van der Waals surface area contributed by atoms with Gasteiger partial charge in [-0.05, 0) is 19.1 Å². The second kappa shape index (κ2) is 7.04. The molecule has 0 saturated heterocycles. The van der Waals surface area contributed by atoms with Crippen molar-refractivity contribution in [2.75, 3.05) is 19.6 Å². The molecule has 1 aromatic heterocycles. The van der Waals surface area contributed by atoms with Crippen LogP contribution < -0.4 is 14.9 Å². The van der Waals surface area contributed by atoms with Crippen molar-refractivity contribution in [2.24, 2.45) is 5.10 Å². The van der Waals surface area contributed by atoms with Crippen molar-refractivity contribution < 1.29 is 14.3 Å². The molecule has 0 amide bonds. The van der Waals surface area contributed by atoms with Crippen LogP contribution in [0, 0.1) is 6.92 Å². The van der Waals surface area contributed by atoms with Crippen molar-refractivity contribution in [3.05, 3.63) is 34.3 Å². The largest absolute Gasteiger partial charge is 0.497 e. The van der Waals surface area contributed by atoms with Gasteiger partial charge >= 0.3 is 0 Å². The van der Waals surface area contributed by atoms with E-state index in [0.717, 1.165) is 5.56 Å². The molecule has 7 heteroatoms. The first-order chi connectivity index (χ1) is 10.5. The topological polar surface area (TPSA) is 72.8 Å². The highest BCUT2D eigenvalue weighted by Crippen LogP contribution is 2.24. The summed E-state index contributed by atoms with van der Waals surface area (Å²) in [6.07, 6.45) is 1.63. The van der Waals surface area contributed by atoms with Gasteiger partial charge in [0.25, 0.3) is 0 Å². The molecule has 0 atom stereocenters. The molecule has 2 aromatic rings. The summed E-state index contributed by atoms with van der Waals surface area (Å²) in [7, 11) is 3.18. The number of carbonyl (C=O) groups is 1. The summed E-state index contributed by atoms with van der Waals surface area (Å²) < 4.78 is 10.4. The maximum atomic E-state index is 11.4. The molecule has 1 heterocycles. The molecule has 1 N–H and O–H groups in total. The fourth-order valence-corrected chi connectivity index (χ4v) is 2.66. The van der Waals surface area contributed by atoms with Gasteiger partial charge in [0.05, 0.1) is 31.0 Å². The SMILES string of the molecule is COc1ccc(/C=N/Nc2nc(C)c(C(C)=O)s2)c(OC)c1. The fraction of sp³-hybridized carbons (Fsp3) is 0.267. The van der Waals surface area contributed by atoms with E-state index in [9.17, 15) is 4.79 Å². The van der Waals surface area contributed by atoms with Crippen molar-refractivity contribution in [3.8, 4) is 11.5 Å². The number of nitrogens with zero attached hydrogens (tertiary/aromatic N) is 2. The monoisotopic (exact) mass is 319 g/mol. The molecule has 0 aliphatic carbocycles. The van der Waals surface area contributed by atoms with E-state index in [2.05, 4.69) is 15.5 Å². The molecule has 0 aliphatic rings. The predicted octanol–water partition coefficient (Wildman–Crippen LogP) is 3.12. The summed E-state index contributed by atoms with van der Waals surface area (Å²) in [4.78, 5) is 16.3. The predicted molar refractivity (Wildman–Crippen MR) is 87.6 cm³/mol. The summed E-state index contributed by atoms with van der Waals surface area (Å²) in [6, 6.07) is 5.45. The van der Waals surface area contributed by atoms with Gasteiger partial charge in [-0.2, -0.15) is 5.10 Å². The molecule has 0 aliphatic heterocycles. The van der Waals surface area contributed by atoms with Gasteiger partial charge in [-0.25, -0.2) is 4.98 Å². The van der Waals surface area contributed by atoms with E-state index in [-0.39, 0.29) is 5.78 Å². The zero-order valence-corrected chi connectivity index (χ0v) is 13.7. The molecule has 0 fully saturated rings. The Labute approximate surface area is 132 Å². The summed E-state index contributed by atoms with van der Waals surface area (Å²) in [5.41, 5.74) is 4.33. The number of nitrogens with one attached hydrogen (secondary N) is 1. The van der Waals surface area contributed by atoms with Crippen molar-refractivity contribution in [3.63, 3.8) is 0 Å². The van der Waals surface area contributed by atoms with Crippen LogP contribution in [0.25, 0.3) is 0 Å². The Bertz CT molecular complexity index is 710. The minimum Gasteiger partial charge on any atom is -0.497 e. The van der Waals surface area contributed by atoms with E-state index in [1.165, 1.54) is 18.3 Å². The minimum absolute atomic E-state index is 0.00357. The van der Waals surface area contributed by atoms with E-state index < -0.39 is 0 Å². The lowest BCUT2D eigenvalue weighted by atomic mass is 10.2. The van der Waals surface area contributed by atoms with E-state index >= 15 is 0 Å². The maximum absolute atomic E-state index is 11.4. The Morgan fingerprint density at radius 3 is 2.73 bits per heavy atom. The van der Waals surface area contributed by atoms with Crippen molar-refractivity contribution in [1.82, 2.24) is 4.98 Å². The highest BCUT2D eigenvalue weighted by atomic mass is 32.1. The summed E-state index contributed by atoms with van der Waals surface area (Å²) in [5, 5.41) is 4.71. The van der Waals surface area contributed by atoms with Crippen LogP contribution in [0.4, 0.5) is 5.13 Å². The zero-order chi connectivity index (χ0) is 16.1. The molecule has 116 valence electrons. The zero-order valence-electron chi connectivity index (χ0n) is 12.8. The number of carbonyl (C=O) groups excluding carboxylic acids is 1. The second-order valence-electron chi connectivity index (χ2n) is 4.47. The Morgan fingerprint density at radius 1 is 1.36 bits per heavy atom. The van der Waals surface area contributed by atoms with Gasteiger partial charge < -0.3 is 9.47 Å². The van der Waals surface area contributed by atoms with Crippen molar-refractivity contribution in [1.29, 1.82) is 0 Å². The van der Waals surface area contributed by atoms with Gasteiger partial charge in [0, 0.05) is 18.6 Å². The number of ketones is 1. The van der Waals surface area contributed by atoms with Crippen LogP contribution in [-0.4, -0.2) is 31.2 Å². The number of anilines is 1. The van der Waals surface area contributed by atoms with Crippen molar-refractivity contribution >= 4 is 28.5 Å². The molecule has 0 spiro atoms. The third kappa shape index (κ3) is 3.62. The lowest BCUT2D eigenvalue weighted by molar-refractivity contribution is 0.102. The Kier molecular flexibility index (Phi) is 5.11. The molecule has 0 saturated carbocycles. The average Bonchev–Trinajstić information content (AvgIpc) is 2.88. The number of methoxy groups -OCH3 is 2. The van der Waals surface area contributed by atoms with Crippen LogP contribution in [0.1, 0.15) is 27.9 Å². The van der Waals surface area contributed by atoms with E-state index in [0.29, 0.717) is 27.2 Å². The van der Waals surface area contributed by atoms with Gasteiger partial charge in [-0.15, -0.1) is 0 Å². The van der Waals surface area contributed by atoms with Gasteiger partial charge in [0.1, 0.15) is 11.5 Å². The molecule has 0 unspecified atom stereocenters. The fourth-order valence-electron chi connectivity index (χ4n) is 1.85. The van der Waals surface area contributed by atoms with E-state index in [1.807, 2.05) is 12.1 Å². The molecule has 0 bridgehead atoms. The first-order valence-corrected chi connectivity index (χ1v) is 7.36. The molecule has 0 radical (unpaired) electrons. The van der Waals surface area contributed by atoms with Crippen LogP contribution in [-0.2, 0) is 0 Å². The number of hydrogen-bond donors (Lipinski definition) is 1. The summed E-state index contributed by atoms with van der Waals surface area (Å²) in [6.45, 7) is 3.32. The molecule has 22 heavy (non-hydrogen) atoms. The number of hydrazone groups is 1. The maximum Gasteiger partial charge on any atom is 0.204 e. The van der Waals surface area contributed by atoms with Gasteiger partial charge in [0.15, 0.2) is 5.78 Å². The number of aryl methyl sites for hydroxylation is 1. The molecular formula is C15H17N3O3S. The van der Waals surface area contributed by atoms with Gasteiger partial charge in [-0.1, -0.05) is 11.3 Å². The number of benzene rings is 1. The molecule has 2 rings (SSSR count). The smallest absolute Gasteiger partial charge is 0.204 e. The van der Waals surface area contributed by atoms with Crippen molar-refractivity contribution in [2.45, 2.75) is 13.8 Å². The standard InChI is InChI=1S/C15H17N3O3S/c1-9-14(10(2)19)22-15(17-9)18-16-8-11-5-6-12(20-3)7-13(11)21-4/h5-8H,1-4H3,(H,17,18)/b16-8+. The molecule has 1 aromatic carbocycles. The number of hydrogen-bond acceptors (Lipinski definition) is 7. The first kappa shape index (κ1) is 16.0. The summed E-state index contributed by atoms with van der Waals surface area (Å²) in [5.74, 6) is 1.37. The molecule has 6 nitrogen and oxygen atoms in total. The quantitative estimate of drug-likeness (QED) is 0.503. The number of thiazole rings is 1. The Balaban J connectivity index is 2.12. The minimum atomic E-state index is 0.00357. The Morgan fingerprint density at radius 2 is 2.14 bits per heavy atom.